The summed E-state index contributed by atoms with van der Waals surface area (Å²) in [5, 5.41) is 3.55. The molecule has 2 aliphatic rings. The Bertz CT molecular complexity index is 235. The van der Waals surface area contributed by atoms with Gasteiger partial charge in [-0.05, 0) is 63.5 Å². The molecule has 1 saturated carbocycles. The zero-order valence-corrected chi connectivity index (χ0v) is 12.3. The van der Waals surface area contributed by atoms with Crippen LogP contribution in [-0.2, 0) is 4.74 Å². The molecule has 18 heavy (non-hydrogen) atoms. The van der Waals surface area contributed by atoms with Gasteiger partial charge < -0.3 is 10.1 Å². The topological polar surface area (TPSA) is 21.3 Å². The molecule has 0 amide bonds. The number of nitrogens with one attached hydrogen (secondary N) is 1. The van der Waals surface area contributed by atoms with Crippen LogP contribution in [0.4, 0.5) is 0 Å². The summed E-state index contributed by atoms with van der Waals surface area (Å²) in [7, 11) is 0. The van der Waals surface area contributed by atoms with Crippen molar-refractivity contribution in [2.45, 2.75) is 70.8 Å². The van der Waals surface area contributed by atoms with Gasteiger partial charge in [-0.3, -0.25) is 0 Å². The smallest absolute Gasteiger partial charge is 0.0685 e. The van der Waals surface area contributed by atoms with Crippen LogP contribution in [0.3, 0.4) is 0 Å². The first-order chi connectivity index (χ1) is 8.74. The maximum atomic E-state index is 6.12. The quantitative estimate of drug-likeness (QED) is 0.728. The van der Waals surface area contributed by atoms with Crippen molar-refractivity contribution in [1.82, 2.24) is 5.32 Å². The predicted molar refractivity (Wildman–Crippen MR) is 76.8 cm³/mol. The minimum atomic E-state index is 0.305. The molecule has 2 atom stereocenters. The lowest BCUT2D eigenvalue weighted by molar-refractivity contribution is -0.0953. The molecule has 0 aromatic rings. The monoisotopic (exact) mass is 253 g/mol. The first kappa shape index (κ1) is 14.3. The first-order valence-electron chi connectivity index (χ1n) is 8.09. The van der Waals surface area contributed by atoms with Crippen molar-refractivity contribution >= 4 is 0 Å². The highest BCUT2D eigenvalue weighted by molar-refractivity contribution is 4.91. The third kappa shape index (κ3) is 3.96. The SMILES string of the molecule is CCCNCC(C)CC1CCOC2(CCCC2)C1. The Balaban J connectivity index is 1.72. The molecule has 2 rings (SSSR count). The van der Waals surface area contributed by atoms with E-state index in [2.05, 4.69) is 19.2 Å². The summed E-state index contributed by atoms with van der Waals surface area (Å²) in [5.41, 5.74) is 0.305. The largest absolute Gasteiger partial charge is 0.375 e. The standard InChI is InChI=1S/C16H31NO/c1-3-9-17-13-14(2)11-15-6-10-18-16(12-15)7-4-5-8-16/h14-15,17H,3-13H2,1-2H3. The van der Waals surface area contributed by atoms with Crippen LogP contribution < -0.4 is 5.32 Å². The molecule has 1 aliphatic heterocycles. The van der Waals surface area contributed by atoms with Gasteiger partial charge in [0.1, 0.15) is 0 Å². The van der Waals surface area contributed by atoms with Crippen LogP contribution in [0.2, 0.25) is 0 Å². The van der Waals surface area contributed by atoms with E-state index in [9.17, 15) is 0 Å². The van der Waals surface area contributed by atoms with Crippen molar-refractivity contribution in [2.75, 3.05) is 19.7 Å². The summed E-state index contributed by atoms with van der Waals surface area (Å²) in [5.74, 6) is 1.73. The Morgan fingerprint density at radius 2 is 2.11 bits per heavy atom. The van der Waals surface area contributed by atoms with E-state index in [4.69, 9.17) is 4.74 Å². The summed E-state index contributed by atoms with van der Waals surface area (Å²) >= 11 is 0. The molecular weight excluding hydrogens is 222 g/mol. The van der Waals surface area contributed by atoms with Gasteiger partial charge in [0.05, 0.1) is 5.60 Å². The molecule has 0 bridgehead atoms. The van der Waals surface area contributed by atoms with Crippen LogP contribution in [0, 0.1) is 11.8 Å². The molecule has 1 N–H and O–H groups in total. The lowest BCUT2D eigenvalue weighted by atomic mass is 9.80. The Labute approximate surface area is 113 Å². The Morgan fingerprint density at radius 3 is 2.83 bits per heavy atom. The zero-order valence-electron chi connectivity index (χ0n) is 12.3. The molecule has 1 heterocycles. The van der Waals surface area contributed by atoms with Crippen molar-refractivity contribution in [2.24, 2.45) is 11.8 Å². The number of ether oxygens (including phenoxy) is 1. The summed E-state index contributed by atoms with van der Waals surface area (Å²) in [4.78, 5) is 0. The maximum absolute atomic E-state index is 6.12. The van der Waals surface area contributed by atoms with Crippen LogP contribution in [0.15, 0.2) is 0 Å². The molecule has 2 nitrogen and oxygen atoms in total. The van der Waals surface area contributed by atoms with Gasteiger partial charge in [-0.2, -0.15) is 0 Å². The maximum Gasteiger partial charge on any atom is 0.0685 e. The highest BCUT2D eigenvalue weighted by Gasteiger charge is 2.39. The molecule has 0 aromatic carbocycles. The fraction of sp³-hybridized carbons (Fsp3) is 1.00. The van der Waals surface area contributed by atoms with Crippen molar-refractivity contribution in [3.63, 3.8) is 0 Å². The first-order valence-corrected chi connectivity index (χ1v) is 8.09. The number of hydrogen-bond donors (Lipinski definition) is 1. The average Bonchev–Trinajstić information content (AvgIpc) is 2.77. The molecule has 1 saturated heterocycles. The van der Waals surface area contributed by atoms with Gasteiger partial charge in [0.2, 0.25) is 0 Å². The van der Waals surface area contributed by atoms with Crippen molar-refractivity contribution in [1.29, 1.82) is 0 Å². The van der Waals surface area contributed by atoms with E-state index in [-0.39, 0.29) is 0 Å². The van der Waals surface area contributed by atoms with Crippen molar-refractivity contribution < 1.29 is 4.74 Å². The lowest BCUT2D eigenvalue weighted by Gasteiger charge is -2.39. The molecule has 106 valence electrons. The molecule has 2 unspecified atom stereocenters. The van der Waals surface area contributed by atoms with E-state index in [0.29, 0.717) is 5.60 Å². The zero-order chi connectivity index (χ0) is 12.8. The molecule has 0 radical (unpaired) electrons. The third-order valence-corrected chi connectivity index (χ3v) is 4.77. The second kappa shape index (κ2) is 6.91. The van der Waals surface area contributed by atoms with Crippen LogP contribution in [0.25, 0.3) is 0 Å². The van der Waals surface area contributed by atoms with E-state index < -0.39 is 0 Å². The predicted octanol–water partition coefficient (Wildman–Crippen LogP) is 3.75. The van der Waals surface area contributed by atoms with Gasteiger partial charge in [-0.15, -0.1) is 0 Å². The van der Waals surface area contributed by atoms with E-state index in [1.54, 1.807) is 0 Å². The highest BCUT2D eigenvalue weighted by Crippen LogP contribution is 2.43. The van der Waals surface area contributed by atoms with Crippen molar-refractivity contribution in [3.05, 3.63) is 0 Å². The summed E-state index contributed by atoms with van der Waals surface area (Å²) < 4.78 is 6.12. The lowest BCUT2D eigenvalue weighted by Crippen LogP contribution is -2.38. The normalized spacial score (nSPS) is 28.7. The van der Waals surface area contributed by atoms with Gasteiger partial charge in [0, 0.05) is 6.61 Å². The molecule has 2 heteroatoms. The van der Waals surface area contributed by atoms with Crippen LogP contribution in [0.1, 0.15) is 65.2 Å². The molecule has 1 aliphatic carbocycles. The Morgan fingerprint density at radius 1 is 1.33 bits per heavy atom. The molecule has 0 aromatic heterocycles. The second-order valence-electron chi connectivity index (χ2n) is 6.64. The fourth-order valence-corrected chi connectivity index (χ4v) is 3.88. The average molecular weight is 253 g/mol. The molecule has 2 fully saturated rings. The minimum Gasteiger partial charge on any atom is -0.375 e. The molecule has 1 spiro atoms. The van der Waals surface area contributed by atoms with E-state index in [1.807, 2.05) is 0 Å². The Hall–Kier alpha value is -0.0800. The van der Waals surface area contributed by atoms with E-state index in [1.165, 1.54) is 64.5 Å². The molecular formula is C16H31NO. The number of hydrogen-bond acceptors (Lipinski definition) is 2. The van der Waals surface area contributed by atoms with Crippen LogP contribution in [0.5, 0.6) is 0 Å². The fourth-order valence-electron chi connectivity index (χ4n) is 3.88. The van der Waals surface area contributed by atoms with Gasteiger partial charge in [0.25, 0.3) is 0 Å². The van der Waals surface area contributed by atoms with Crippen molar-refractivity contribution in [3.8, 4) is 0 Å². The Kier molecular flexibility index (Phi) is 5.50. The van der Waals surface area contributed by atoms with E-state index >= 15 is 0 Å². The van der Waals surface area contributed by atoms with Crippen LogP contribution >= 0.6 is 0 Å². The summed E-state index contributed by atoms with van der Waals surface area (Å²) in [6.07, 6.45) is 10.7. The number of rotatable bonds is 6. The second-order valence-corrected chi connectivity index (χ2v) is 6.64. The summed E-state index contributed by atoms with van der Waals surface area (Å²) in [6, 6.07) is 0. The van der Waals surface area contributed by atoms with Gasteiger partial charge in [-0.1, -0.05) is 26.7 Å². The third-order valence-electron chi connectivity index (χ3n) is 4.77. The van der Waals surface area contributed by atoms with Gasteiger partial charge in [0.15, 0.2) is 0 Å². The van der Waals surface area contributed by atoms with E-state index in [0.717, 1.165) is 18.4 Å². The minimum absolute atomic E-state index is 0.305. The van der Waals surface area contributed by atoms with Crippen LogP contribution in [-0.4, -0.2) is 25.3 Å². The van der Waals surface area contributed by atoms with Gasteiger partial charge in [-0.25, -0.2) is 0 Å². The summed E-state index contributed by atoms with van der Waals surface area (Å²) in [6.45, 7) is 8.01. The van der Waals surface area contributed by atoms with Gasteiger partial charge >= 0.3 is 0 Å². The highest BCUT2D eigenvalue weighted by atomic mass is 16.5.